The van der Waals surface area contributed by atoms with Crippen molar-refractivity contribution >= 4 is 11.1 Å². The fourth-order valence-corrected chi connectivity index (χ4v) is 3.84. The molecule has 2 aromatic carbocycles. The fraction of sp³-hybridized carbons (Fsp3) is 0.360. The van der Waals surface area contributed by atoms with Crippen LogP contribution in [0.15, 0.2) is 54.6 Å². The van der Waals surface area contributed by atoms with Gasteiger partial charge in [-0.05, 0) is 59.7 Å². The molecule has 0 bridgehead atoms. The zero-order chi connectivity index (χ0) is 21.7. The smallest absolute Gasteiger partial charge is 0.417 e. The largest absolute Gasteiger partial charge is 0.454 e. The highest BCUT2D eigenvalue weighted by atomic mass is 19.4. The Morgan fingerprint density at radius 2 is 1.61 bits per heavy atom. The van der Waals surface area contributed by atoms with Crippen LogP contribution in [-0.4, -0.2) is 19.6 Å². The van der Waals surface area contributed by atoms with Crippen LogP contribution in [0.2, 0.25) is 0 Å². The average Bonchev–Trinajstić information content (AvgIpc) is 3.35. The van der Waals surface area contributed by atoms with E-state index in [9.17, 15) is 13.2 Å². The first-order chi connectivity index (χ1) is 15.0. The molecule has 0 N–H and O–H groups in total. The van der Waals surface area contributed by atoms with Crippen LogP contribution in [0.1, 0.15) is 48.8 Å². The lowest BCUT2D eigenvalue weighted by Gasteiger charge is -2.10. The standard InChI is InChI=1S/C25H25F3O3/c26-25(27,28)22-13-19(20-14-23-24(15-21(20)22)31-17-30-23)11-7-2-1-3-8-12-29-16-18-9-5-4-6-10-18/h4-6,9-11,13-15H,1-3,7-8,12,16-17H2/b19-11+. The maximum absolute atomic E-state index is 13.5. The Kier molecular flexibility index (Phi) is 6.66. The molecule has 0 spiro atoms. The first-order valence-electron chi connectivity index (χ1n) is 10.6. The van der Waals surface area contributed by atoms with E-state index in [0.717, 1.165) is 32.1 Å². The van der Waals surface area contributed by atoms with E-state index in [1.54, 1.807) is 6.07 Å². The second-order valence-electron chi connectivity index (χ2n) is 7.71. The van der Waals surface area contributed by atoms with Crippen LogP contribution in [0.5, 0.6) is 11.5 Å². The molecule has 4 rings (SSSR count). The number of hydrogen-bond donors (Lipinski definition) is 0. The fourth-order valence-electron chi connectivity index (χ4n) is 3.84. The van der Waals surface area contributed by atoms with Gasteiger partial charge in [0, 0.05) is 6.61 Å². The van der Waals surface area contributed by atoms with Gasteiger partial charge in [0.1, 0.15) is 0 Å². The quantitative estimate of drug-likeness (QED) is 0.404. The van der Waals surface area contributed by atoms with Crippen LogP contribution in [0.25, 0.3) is 11.1 Å². The van der Waals surface area contributed by atoms with Gasteiger partial charge in [-0.1, -0.05) is 49.2 Å². The van der Waals surface area contributed by atoms with Crippen LogP contribution >= 0.6 is 0 Å². The summed E-state index contributed by atoms with van der Waals surface area (Å²) in [5.74, 6) is 0.863. The van der Waals surface area contributed by atoms with Gasteiger partial charge in [0.25, 0.3) is 0 Å². The topological polar surface area (TPSA) is 27.7 Å². The molecule has 0 unspecified atom stereocenters. The van der Waals surface area contributed by atoms with Crippen molar-refractivity contribution in [1.29, 1.82) is 0 Å². The number of alkyl halides is 3. The average molecular weight is 430 g/mol. The van der Waals surface area contributed by atoms with Crippen LogP contribution < -0.4 is 9.47 Å². The summed E-state index contributed by atoms with van der Waals surface area (Å²) in [6.07, 6.45) is 3.42. The molecule has 0 fully saturated rings. The van der Waals surface area contributed by atoms with Crippen LogP contribution in [0.3, 0.4) is 0 Å². The molecule has 164 valence electrons. The molecule has 1 heterocycles. The van der Waals surface area contributed by atoms with Gasteiger partial charge >= 0.3 is 6.18 Å². The molecular weight excluding hydrogens is 405 g/mol. The van der Waals surface area contributed by atoms with E-state index in [4.69, 9.17) is 14.2 Å². The van der Waals surface area contributed by atoms with E-state index >= 15 is 0 Å². The van der Waals surface area contributed by atoms with E-state index in [0.29, 0.717) is 35.8 Å². The normalized spacial score (nSPS) is 16.0. The van der Waals surface area contributed by atoms with Crippen molar-refractivity contribution in [3.63, 3.8) is 0 Å². The van der Waals surface area contributed by atoms with Gasteiger partial charge in [0.2, 0.25) is 6.79 Å². The Morgan fingerprint density at radius 1 is 0.903 bits per heavy atom. The van der Waals surface area contributed by atoms with E-state index in [2.05, 4.69) is 0 Å². The maximum atomic E-state index is 13.5. The van der Waals surface area contributed by atoms with Crippen LogP contribution in [0, 0.1) is 0 Å². The van der Waals surface area contributed by atoms with Gasteiger partial charge in [-0.25, -0.2) is 0 Å². The highest BCUT2D eigenvalue weighted by molar-refractivity contribution is 5.98. The number of hydrogen-bond acceptors (Lipinski definition) is 3. The summed E-state index contributed by atoms with van der Waals surface area (Å²) in [5.41, 5.74) is 1.87. The molecule has 3 nitrogen and oxygen atoms in total. The molecule has 1 aliphatic heterocycles. The highest BCUT2D eigenvalue weighted by Gasteiger charge is 2.40. The first-order valence-corrected chi connectivity index (χ1v) is 10.6. The van der Waals surface area contributed by atoms with Crippen LogP contribution in [0.4, 0.5) is 13.2 Å². The van der Waals surface area contributed by atoms with Crippen molar-refractivity contribution in [3.05, 3.63) is 71.3 Å². The monoisotopic (exact) mass is 430 g/mol. The summed E-state index contributed by atoms with van der Waals surface area (Å²) in [4.78, 5) is 0. The van der Waals surface area contributed by atoms with Crippen molar-refractivity contribution in [1.82, 2.24) is 0 Å². The van der Waals surface area contributed by atoms with Gasteiger partial charge in [0.15, 0.2) is 11.5 Å². The lowest BCUT2D eigenvalue weighted by molar-refractivity contribution is -0.0687. The minimum Gasteiger partial charge on any atom is -0.454 e. The summed E-state index contributed by atoms with van der Waals surface area (Å²) in [6, 6.07) is 13.2. The molecule has 31 heavy (non-hydrogen) atoms. The number of halogens is 3. The lowest BCUT2D eigenvalue weighted by Crippen LogP contribution is -2.09. The predicted octanol–water partition coefficient (Wildman–Crippen LogP) is 6.93. The summed E-state index contributed by atoms with van der Waals surface area (Å²) >= 11 is 0. The molecule has 1 aliphatic carbocycles. The summed E-state index contributed by atoms with van der Waals surface area (Å²) in [7, 11) is 0. The Balaban J connectivity index is 1.25. The predicted molar refractivity (Wildman–Crippen MR) is 114 cm³/mol. The molecule has 0 aromatic heterocycles. The van der Waals surface area contributed by atoms with Gasteiger partial charge in [-0.3, -0.25) is 0 Å². The Hall–Kier alpha value is -2.73. The summed E-state index contributed by atoms with van der Waals surface area (Å²) < 4.78 is 56.7. The number of benzene rings is 2. The van der Waals surface area contributed by atoms with E-state index in [-0.39, 0.29) is 12.4 Å². The Bertz CT molecular complexity index is 962. The molecule has 2 aliphatic rings. The van der Waals surface area contributed by atoms with E-state index in [1.165, 1.54) is 17.7 Å². The van der Waals surface area contributed by atoms with Crippen molar-refractivity contribution in [2.45, 2.75) is 44.9 Å². The number of unbranched alkanes of at least 4 members (excludes halogenated alkanes) is 4. The van der Waals surface area contributed by atoms with Gasteiger partial charge in [-0.2, -0.15) is 13.2 Å². The highest BCUT2D eigenvalue weighted by Crippen LogP contribution is 2.48. The molecular formula is C25H25F3O3. The molecule has 0 atom stereocenters. The van der Waals surface area contributed by atoms with Gasteiger partial charge in [0.05, 0.1) is 12.2 Å². The van der Waals surface area contributed by atoms with Crippen molar-refractivity contribution in [3.8, 4) is 11.5 Å². The minimum absolute atomic E-state index is 0.0391. The Morgan fingerprint density at radius 3 is 2.35 bits per heavy atom. The van der Waals surface area contributed by atoms with Crippen LogP contribution in [-0.2, 0) is 11.3 Å². The van der Waals surface area contributed by atoms with E-state index in [1.807, 2.05) is 36.4 Å². The molecule has 0 radical (unpaired) electrons. The third-order valence-electron chi connectivity index (χ3n) is 5.44. The molecule has 6 heteroatoms. The summed E-state index contributed by atoms with van der Waals surface area (Å²) in [5, 5.41) is 0. The minimum atomic E-state index is -4.40. The number of ether oxygens (including phenoxy) is 3. The second-order valence-corrected chi connectivity index (χ2v) is 7.71. The molecule has 2 aromatic rings. The van der Waals surface area contributed by atoms with Crippen molar-refractivity contribution in [2.75, 3.05) is 13.4 Å². The van der Waals surface area contributed by atoms with Crippen molar-refractivity contribution in [2.24, 2.45) is 0 Å². The number of rotatable bonds is 9. The number of fused-ring (bicyclic) bond motifs is 2. The third-order valence-corrected chi connectivity index (χ3v) is 5.44. The van der Waals surface area contributed by atoms with E-state index < -0.39 is 11.7 Å². The molecule has 0 saturated heterocycles. The lowest BCUT2D eigenvalue weighted by atomic mass is 10.0. The SMILES string of the molecule is FC(F)(F)C1=C/C(=C\CCCCCCOCc2ccccc2)c2cc3c(cc21)OCO3. The Labute approximate surface area is 180 Å². The first kappa shape index (κ1) is 21.5. The third kappa shape index (κ3) is 5.31. The summed E-state index contributed by atoms with van der Waals surface area (Å²) in [6.45, 7) is 1.38. The zero-order valence-corrected chi connectivity index (χ0v) is 17.2. The van der Waals surface area contributed by atoms with Gasteiger partial charge in [-0.15, -0.1) is 0 Å². The molecule has 0 amide bonds. The molecule has 0 saturated carbocycles. The second kappa shape index (κ2) is 9.60. The van der Waals surface area contributed by atoms with Crippen molar-refractivity contribution < 1.29 is 27.4 Å². The van der Waals surface area contributed by atoms with Gasteiger partial charge < -0.3 is 14.2 Å². The number of allylic oxidation sites excluding steroid dienone is 4. The maximum Gasteiger partial charge on any atom is 0.417 e. The zero-order valence-electron chi connectivity index (χ0n) is 17.2.